The van der Waals surface area contributed by atoms with E-state index in [1.54, 1.807) is 0 Å². The van der Waals surface area contributed by atoms with Crippen molar-refractivity contribution in [2.24, 2.45) is 11.8 Å². The molecule has 2 unspecified atom stereocenters. The van der Waals surface area contributed by atoms with E-state index in [9.17, 15) is 4.79 Å². The largest absolute Gasteiger partial charge is 0.378 e. The molecule has 2 saturated heterocycles. The Kier molecular flexibility index (Phi) is 6.39. The molecule has 2 rings (SSSR count). The Hall–Kier alpha value is -0.320. The molecule has 0 aromatic heterocycles. The van der Waals surface area contributed by atoms with E-state index in [-0.39, 0.29) is 24.4 Å². The maximum absolute atomic E-state index is 12.2. The smallest absolute Gasteiger partial charge is 0.242 e. The fraction of sp³-hybridized carbons (Fsp3) is 0.923. The first-order chi connectivity index (χ1) is 8.16. The van der Waals surface area contributed by atoms with E-state index in [2.05, 4.69) is 19.2 Å². The van der Waals surface area contributed by atoms with Gasteiger partial charge in [0.05, 0.1) is 13.2 Å². The van der Waals surface area contributed by atoms with Crippen LogP contribution in [-0.4, -0.2) is 49.7 Å². The molecule has 4 nitrogen and oxygen atoms in total. The fourth-order valence-electron chi connectivity index (χ4n) is 2.84. The first-order valence-electron chi connectivity index (χ1n) is 6.76. The fourth-order valence-corrected chi connectivity index (χ4v) is 2.84. The molecule has 0 aromatic rings. The number of rotatable bonds is 3. The molecule has 1 N–H and O–H groups in total. The van der Waals surface area contributed by atoms with Crippen LogP contribution in [0.1, 0.15) is 26.7 Å². The lowest BCUT2D eigenvalue weighted by molar-refractivity contribution is -0.135. The van der Waals surface area contributed by atoms with E-state index in [0.717, 1.165) is 38.6 Å². The Balaban J connectivity index is 0.00000162. The summed E-state index contributed by atoms with van der Waals surface area (Å²) < 4.78 is 5.34. The molecule has 0 bridgehead atoms. The summed E-state index contributed by atoms with van der Waals surface area (Å²) in [4.78, 5) is 14.2. The lowest BCUT2D eigenvalue weighted by atomic mass is 9.97. The number of ether oxygens (including phenoxy) is 1. The number of carbonyl (C=O) groups excluding carboxylic acids is 1. The molecule has 2 atom stereocenters. The van der Waals surface area contributed by atoms with Crippen LogP contribution in [0.4, 0.5) is 0 Å². The molecule has 0 spiro atoms. The normalized spacial score (nSPS) is 28.3. The SMILES string of the molecule is CC(C)CC1CCN(C(=O)C2COCCN2)C1.Cl. The maximum atomic E-state index is 12.2. The quantitative estimate of drug-likeness (QED) is 0.845. The third-order valence-electron chi connectivity index (χ3n) is 3.62. The van der Waals surface area contributed by atoms with Crippen molar-refractivity contribution in [1.29, 1.82) is 0 Å². The number of morpholine rings is 1. The average Bonchev–Trinajstić information content (AvgIpc) is 2.77. The van der Waals surface area contributed by atoms with Crippen molar-refractivity contribution in [3.63, 3.8) is 0 Å². The Labute approximate surface area is 116 Å². The third kappa shape index (κ3) is 4.11. The van der Waals surface area contributed by atoms with Crippen molar-refractivity contribution in [3.05, 3.63) is 0 Å². The molecule has 18 heavy (non-hydrogen) atoms. The highest BCUT2D eigenvalue weighted by Gasteiger charge is 2.31. The van der Waals surface area contributed by atoms with E-state index in [1.807, 2.05) is 4.90 Å². The second-order valence-electron chi connectivity index (χ2n) is 5.65. The molecule has 0 aliphatic carbocycles. The predicted molar refractivity (Wildman–Crippen MR) is 74.0 cm³/mol. The zero-order chi connectivity index (χ0) is 12.3. The van der Waals surface area contributed by atoms with Crippen molar-refractivity contribution >= 4 is 18.3 Å². The number of carbonyl (C=O) groups is 1. The van der Waals surface area contributed by atoms with Crippen LogP contribution in [0, 0.1) is 11.8 Å². The highest BCUT2D eigenvalue weighted by Crippen LogP contribution is 2.23. The van der Waals surface area contributed by atoms with Crippen LogP contribution in [-0.2, 0) is 9.53 Å². The van der Waals surface area contributed by atoms with E-state index >= 15 is 0 Å². The monoisotopic (exact) mass is 276 g/mol. The summed E-state index contributed by atoms with van der Waals surface area (Å²) in [6.45, 7) is 8.41. The Morgan fingerprint density at radius 2 is 2.28 bits per heavy atom. The van der Waals surface area contributed by atoms with Crippen molar-refractivity contribution in [3.8, 4) is 0 Å². The number of nitrogens with one attached hydrogen (secondary N) is 1. The van der Waals surface area contributed by atoms with Gasteiger partial charge in [-0.3, -0.25) is 4.79 Å². The predicted octanol–water partition coefficient (Wildman–Crippen LogP) is 1.29. The van der Waals surface area contributed by atoms with Gasteiger partial charge in [0.25, 0.3) is 0 Å². The van der Waals surface area contributed by atoms with Crippen LogP contribution in [0.15, 0.2) is 0 Å². The molecule has 106 valence electrons. The van der Waals surface area contributed by atoms with Crippen LogP contribution in [0.2, 0.25) is 0 Å². The first-order valence-corrected chi connectivity index (χ1v) is 6.76. The molecule has 2 aliphatic heterocycles. The zero-order valence-electron chi connectivity index (χ0n) is 11.4. The van der Waals surface area contributed by atoms with Crippen LogP contribution < -0.4 is 5.32 Å². The number of halogens is 1. The number of hydrogen-bond acceptors (Lipinski definition) is 3. The lowest BCUT2D eigenvalue weighted by Crippen LogP contribution is -2.52. The third-order valence-corrected chi connectivity index (χ3v) is 3.62. The molecule has 0 radical (unpaired) electrons. The molecule has 2 aliphatic rings. The van der Waals surface area contributed by atoms with Crippen LogP contribution >= 0.6 is 12.4 Å². The summed E-state index contributed by atoms with van der Waals surface area (Å²) in [7, 11) is 0. The summed E-state index contributed by atoms with van der Waals surface area (Å²) in [5, 5.41) is 3.24. The maximum Gasteiger partial charge on any atom is 0.242 e. The van der Waals surface area contributed by atoms with Crippen molar-refractivity contribution < 1.29 is 9.53 Å². The topological polar surface area (TPSA) is 41.6 Å². The molecule has 0 saturated carbocycles. The molecular formula is C13H25ClN2O2. The van der Waals surface area contributed by atoms with Gasteiger partial charge in [-0.1, -0.05) is 13.8 Å². The molecule has 2 heterocycles. The van der Waals surface area contributed by atoms with Gasteiger partial charge in [0.15, 0.2) is 0 Å². The molecule has 0 aromatic carbocycles. The Morgan fingerprint density at radius 1 is 1.50 bits per heavy atom. The van der Waals surface area contributed by atoms with Gasteiger partial charge in [0, 0.05) is 19.6 Å². The molecule has 5 heteroatoms. The van der Waals surface area contributed by atoms with Crippen molar-refractivity contribution in [1.82, 2.24) is 10.2 Å². The number of hydrogen-bond donors (Lipinski definition) is 1. The second kappa shape index (κ2) is 7.31. The first kappa shape index (κ1) is 15.7. The van der Waals surface area contributed by atoms with Crippen LogP contribution in [0.25, 0.3) is 0 Å². The summed E-state index contributed by atoms with van der Waals surface area (Å²) in [6.07, 6.45) is 2.40. The van der Waals surface area contributed by atoms with Crippen LogP contribution in [0.5, 0.6) is 0 Å². The van der Waals surface area contributed by atoms with Gasteiger partial charge in [0.1, 0.15) is 6.04 Å². The summed E-state index contributed by atoms with van der Waals surface area (Å²) in [5.74, 6) is 1.66. The van der Waals surface area contributed by atoms with E-state index < -0.39 is 0 Å². The zero-order valence-corrected chi connectivity index (χ0v) is 12.2. The van der Waals surface area contributed by atoms with Gasteiger partial charge in [-0.2, -0.15) is 0 Å². The van der Waals surface area contributed by atoms with Crippen LogP contribution in [0.3, 0.4) is 0 Å². The highest BCUT2D eigenvalue weighted by atomic mass is 35.5. The summed E-state index contributed by atoms with van der Waals surface area (Å²) in [5.41, 5.74) is 0. The van der Waals surface area contributed by atoms with Gasteiger partial charge in [-0.15, -0.1) is 12.4 Å². The van der Waals surface area contributed by atoms with E-state index in [4.69, 9.17) is 4.74 Å². The van der Waals surface area contributed by atoms with Crippen molar-refractivity contribution in [2.75, 3.05) is 32.8 Å². The Bertz CT molecular complexity index is 268. The van der Waals surface area contributed by atoms with E-state index in [1.165, 1.54) is 6.42 Å². The Morgan fingerprint density at radius 3 is 2.89 bits per heavy atom. The van der Waals surface area contributed by atoms with E-state index in [0.29, 0.717) is 12.5 Å². The average molecular weight is 277 g/mol. The van der Waals surface area contributed by atoms with Gasteiger partial charge < -0.3 is 15.0 Å². The van der Waals surface area contributed by atoms with Crippen molar-refractivity contribution in [2.45, 2.75) is 32.7 Å². The lowest BCUT2D eigenvalue weighted by Gasteiger charge is -2.27. The standard InChI is InChI=1S/C13H24N2O2.ClH/c1-10(2)7-11-3-5-15(8-11)13(16)12-9-17-6-4-14-12;/h10-12,14H,3-9H2,1-2H3;1H. The number of likely N-dealkylation sites (tertiary alicyclic amines) is 1. The second-order valence-corrected chi connectivity index (χ2v) is 5.65. The number of nitrogens with zero attached hydrogens (tertiary/aromatic N) is 1. The minimum Gasteiger partial charge on any atom is -0.378 e. The van der Waals surface area contributed by atoms with Gasteiger partial charge in [-0.25, -0.2) is 0 Å². The minimum absolute atomic E-state index is 0. The molecule has 2 fully saturated rings. The highest BCUT2D eigenvalue weighted by molar-refractivity contribution is 5.85. The minimum atomic E-state index is -0.110. The van der Waals surface area contributed by atoms with Gasteiger partial charge in [0.2, 0.25) is 5.91 Å². The van der Waals surface area contributed by atoms with Gasteiger partial charge >= 0.3 is 0 Å². The molecule has 1 amide bonds. The van der Waals surface area contributed by atoms with Gasteiger partial charge in [-0.05, 0) is 24.7 Å². The summed E-state index contributed by atoms with van der Waals surface area (Å²) in [6, 6.07) is -0.110. The molecular weight excluding hydrogens is 252 g/mol. The number of amides is 1. The summed E-state index contributed by atoms with van der Waals surface area (Å²) >= 11 is 0.